The van der Waals surface area contributed by atoms with Crippen LogP contribution in [-0.2, 0) is 13.0 Å². The Hall–Kier alpha value is -4.46. The van der Waals surface area contributed by atoms with Gasteiger partial charge in [0.05, 0.1) is 18.2 Å². The van der Waals surface area contributed by atoms with Crippen molar-refractivity contribution in [1.29, 1.82) is 0 Å². The number of aromatic nitrogens is 2. The predicted octanol–water partition coefficient (Wildman–Crippen LogP) is 3.55. The Bertz CT molecular complexity index is 1400. The molecule has 0 saturated carbocycles. The molecule has 8 nitrogen and oxygen atoms in total. The van der Waals surface area contributed by atoms with Crippen molar-refractivity contribution in [3.05, 3.63) is 89.2 Å². The van der Waals surface area contributed by atoms with Crippen molar-refractivity contribution < 1.29 is 14.3 Å². The van der Waals surface area contributed by atoms with Crippen LogP contribution in [-0.4, -0.2) is 35.4 Å². The van der Waals surface area contributed by atoms with E-state index in [1.54, 1.807) is 43.5 Å². The maximum Gasteiger partial charge on any atom is 0.255 e. The summed E-state index contributed by atoms with van der Waals surface area (Å²) in [5, 5.41) is 3.76. The van der Waals surface area contributed by atoms with Crippen LogP contribution in [0.25, 0.3) is 10.9 Å². The lowest BCUT2D eigenvalue weighted by molar-refractivity contribution is 0.0998. The lowest BCUT2D eigenvalue weighted by Crippen LogP contribution is -2.31. The van der Waals surface area contributed by atoms with Gasteiger partial charge in [0.25, 0.3) is 11.8 Å². The molecule has 0 spiro atoms. The number of hydrogen-bond acceptors (Lipinski definition) is 6. The molecule has 1 aliphatic heterocycles. The van der Waals surface area contributed by atoms with Crippen molar-refractivity contribution in [2.75, 3.05) is 23.9 Å². The summed E-state index contributed by atoms with van der Waals surface area (Å²) in [6, 6.07) is 18.3. The Morgan fingerprint density at radius 2 is 1.85 bits per heavy atom. The van der Waals surface area contributed by atoms with Crippen LogP contribution < -0.4 is 20.7 Å². The van der Waals surface area contributed by atoms with Crippen molar-refractivity contribution in [1.82, 2.24) is 9.97 Å². The summed E-state index contributed by atoms with van der Waals surface area (Å²) in [6.07, 6.45) is 2.30. The second-order valence-corrected chi connectivity index (χ2v) is 8.10. The Balaban J connectivity index is 1.40. The van der Waals surface area contributed by atoms with E-state index in [4.69, 9.17) is 10.5 Å². The number of amides is 2. The molecule has 1 aromatic heterocycles. The number of carbonyl (C=O) groups is 2. The maximum absolute atomic E-state index is 12.7. The first-order valence-corrected chi connectivity index (χ1v) is 10.9. The Labute approximate surface area is 196 Å². The molecule has 3 N–H and O–H groups in total. The zero-order chi connectivity index (χ0) is 23.7. The van der Waals surface area contributed by atoms with Crippen molar-refractivity contribution in [3.63, 3.8) is 0 Å². The van der Waals surface area contributed by atoms with Gasteiger partial charge in [-0.25, -0.2) is 9.97 Å². The molecule has 0 aliphatic carbocycles. The van der Waals surface area contributed by atoms with Crippen LogP contribution in [0.2, 0.25) is 0 Å². The van der Waals surface area contributed by atoms with Gasteiger partial charge in [-0.3, -0.25) is 9.59 Å². The Morgan fingerprint density at radius 3 is 2.62 bits per heavy atom. The summed E-state index contributed by atoms with van der Waals surface area (Å²) in [5.41, 5.74) is 10.1. The van der Waals surface area contributed by atoms with Gasteiger partial charge in [-0.15, -0.1) is 0 Å². The van der Waals surface area contributed by atoms with E-state index in [0.29, 0.717) is 28.9 Å². The van der Waals surface area contributed by atoms with Gasteiger partial charge in [0.1, 0.15) is 17.9 Å². The second-order valence-electron chi connectivity index (χ2n) is 8.10. The highest BCUT2D eigenvalue weighted by Crippen LogP contribution is 2.30. The SMILES string of the molecule is COc1ccc(C(=O)Nc2ccc3c(c2)CN(c2ncnc4c(C(N)=O)cccc24)CC3)cc1. The average Bonchev–Trinajstić information content (AvgIpc) is 2.87. The number of hydrogen-bond donors (Lipinski definition) is 2. The monoisotopic (exact) mass is 453 g/mol. The molecule has 3 aromatic carbocycles. The normalized spacial score (nSPS) is 12.8. The second kappa shape index (κ2) is 8.82. The number of nitrogens with zero attached hydrogens (tertiary/aromatic N) is 3. The summed E-state index contributed by atoms with van der Waals surface area (Å²) in [5.74, 6) is 0.754. The topological polar surface area (TPSA) is 110 Å². The minimum Gasteiger partial charge on any atom is -0.497 e. The highest BCUT2D eigenvalue weighted by Gasteiger charge is 2.21. The summed E-state index contributed by atoms with van der Waals surface area (Å²) < 4.78 is 5.15. The molecule has 2 heterocycles. The number of nitrogens with two attached hydrogens (primary N) is 1. The standard InChI is InChI=1S/C26H23N5O3/c1-34-20-9-6-17(7-10-20)26(33)30-19-8-5-16-11-12-31(14-18(16)13-19)25-22-4-2-3-21(24(27)32)23(22)28-15-29-25/h2-10,13,15H,11-12,14H2,1H3,(H2,27,32)(H,30,33). The quantitative estimate of drug-likeness (QED) is 0.478. The van der Waals surface area contributed by atoms with E-state index in [2.05, 4.69) is 26.3 Å². The fourth-order valence-electron chi connectivity index (χ4n) is 4.29. The van der Waals surface area contributed by atoms with Gasteiger partial charge < -0.3 is 20.7 Å². The number of fused-ring (bicyclic) bond motifs is 2. The van der Waals surface area contributed by atoms with Gasteiger partial charge in [-0.05, 0) is 66.1 Å². The number of carbonyl (C=O) groups excluding carboxylic acids is 2. The maximum atomic E-state index is 12.7. The van der Waals surface area contributed by atoms with Crippen LogP contribution in [0.15, 0.2) is 67.0 Å². The largest absolute Gasteiger partial charge is 0.497 e. The summed E-state index contributed by atoms with van der Waals surface area (Å²) in [7, 11) is 1.59. The zero-order valence-electron chi connectivity index (χ0n) is 18.6. The molecule has 0 unspecified atom stereocenters. The Kier molecular flexibility index (Phi) is 5.55. The first kappa shape index (κ1) is 21.4. The summed E-state index contributed by atoms with van der Waals surface area (Å²) >= 11 is 0. The molecule has 0 bridgehead atoms. The van der Waals surface area contributed by atoms with Crippen molar-refractivity contribution >= 4 is 34.2 Å². The number of nitrogens with one attached hydrogen (secondary N) is 1. The predicted molar refractivity (Wildman–Crippen MR) is 130 cm³/mol. The molecule has 2 amide bonds. The zero-order valence-corrected chi connectivity index (χ0v) is 18.6. The minimum absolute atomic E-state index is 0.184. The van der Waals surface area contributed by atoms with Crippen molar-refractivity contribution in [3.8, 4) is 5.75 Å². The summed E-state index contributed by atoms with van der Waals surface area (Å²) in [6.45, 7) is 1.39. The van der Waals surface area contributed by atoms with Crippen LogP contribution in [0.4, 0.5) is 11.5 Å². The molecular formula is C26H23N5O3. The molecule has 170 valence electrons. The molecule has 8 heteroatoms. The summed E-state index contributed by atoms with van der Waals surface area (Å²) in [4.78, 5) is 35.5. The first-order valence-electron chi connectivity index (χ1n) is 10.9. The van der Waals surface area contributed by atoms with E-state index in [0.717, 1.165) is 35.4 Å². The first-order chi connectivity index (χ1) is 16.5. The van der Waals surface area contributed by atoms with Crippen molar-refractivity contribution in [2.45, 2.75) is 13.0 Å². The number of ether oxygens (including phenoxy) is 1. The molecule has 34 heavy (non-hydrogen) atoms. The lowest BCUT2D eigenvalue weighted by Gasteiger charge is -2.31. The smallest absolute Gasteiger partial charge is 0.255 e. The van der Waals surface area contributed by atoms with E-state index >= 15 is 0 Å². The van der Waals surface area contributed by atoms with Crippen LogP contribution >= 0.6 is 0 Å². The average molecular weight is 454 g/mol. The number of methoxy groups -OCH3 is 1. The van der Waals surface area contributed by atoms with Gasteiger partial charge in [-0.2, -0.15) is 0 Å². The van der Waals surface area contributed by atoms with Crippen LogP contribution in [0.3, 0.4) is 0 Å². The van der Waals surface area contributed by atoms with E-state index in [1.165, 1.54) is 11.9 Å². The molecular weight excluding hydrogens is 430 g/mol. The molecule has 0 radical (unpaired) electrons. The molecule has 5 rings (SSSR count). The number of anilines is 2. The molecule has 1 aliphatic rings. The van der Waals surface area contributed by atoms with Crippen LogP contribution in [0, 0.1) is 0 Å². The van der Waals surface area contributed by atoms with Crippen molar-refractivity contribution in [2.24, 2.45) is 5.73 Å². The van der Waals surface area contributed by atoms with Crippen LogP contribution in [0.5, 0.6) is 5.75 Å². The number of rotatable bonds is 5. The minimum atomic E-state index is -0.517. The Morgan fingerprint density at radius 1 is 1.03 bits per heavy atom. The highest BCUT2D eigenvalue weighted by atomic mass is 16.5. The van der Waals surface area contributed by atoms with Gasteiger partial charge in [0.15, 0.2) is 0 Å². The molecule has 0 saturated heterocycles. The van der Waals surface area contributed by atoms with Gasteiger partial charge >= 0.3 is 0 Å². The number of para-hydroxylation sites is 1. The fraction of sp³-hybridized carbons (Fsp3) is 0.154. The third-order valence-electron chi connectivity index (χ3n) is 6.04. The van der Waals surface area contributed by atoms with E-state index in [1.807, 2.05) is 18.2 Å². The fourth-order valence-corrected chi connectivity index (χ4v) is 4.29. The third kappa shape index (κ3) is 4.01. The molecule has 0 atom stereocenters. The highest BCUT2D eigenvalue weighted by molar-refractivity contribution is 6.07. The van der Waals surface area contributed by atoms with Crippen LogP contribution in [0.1, 0.15) is 31.8 Å². The lowest BCUT2D eigenvalue weighted by atomic mass is 9.98. The molecule has 0 fully saturated rings. The van der Waals surface area contributed by atoms with E-state index in [9.17, 15) is 9.59 Å². The van der Waals surface area contributed by atoms with Gasteiger partial charge in [0, 0.05) is 29.7 Å². The number of benzene rings is 3. The van der Waals surface area contributed by atoms with E-state index < -0.39 is 5.91 Å². The van der Waals surface area contributed by atoms with Gasteiger partial charge in [-0.1, -0.05) is 12.1 Å². The van der Waals surface area contributed by atoms with E-state index in [-0.39, 0.29) is 5.91 Å². The molecule has 4 aromatic rings. The third-order valence-corrected chi connectivity index (χ3v) is 6.04. The number of primary amides is 1. The van der Waals surface area contributed by atoms with Gasteiger partial charge in [0.2, 0.25) is 0 Å².